The van der Waals surface area contributed by atoms with Gasteiger partial charge in [-0.05, 0) is 43.4 Å². The van der Waals surface area contributed by atoms with E-state index in [-0.39, 0.29) is 11.8 Å². The predicted molar refractivity (Wildman–Crippen MR) is 78.1 cm³/mol. The Hall–Kier alpha value is -1.84. The molecule has 2 rings (SSSR count). The largest absolute Gasteiger partial charge is 0.478 e. The minimum atomic E-state index is -0.918. The second-order valence-corrected chi connectivity index (χ2v) is 5.22. The molecule has 0 saturated carbocycles. The molecule has 4 heteroatoms. The highest BCUT2D eigenvalue weighted by Crippen LogP contribution is 2.31. The molecule has 108 valence electrons. The summed E-state index contributed by atoms with van der Waals surface area (Å²) in [5, 5.41) is 9.26. The van der Waals surface area contributed by atoms with E-state index in [2.05, 4.69) is 0 Å². The fourth-order valence-electron chi connectivity index (χ4n) is 2.91. The van der Waals surface area contributed by atoms with Crippen molar-refractivity contribution in [1.82, 2.24) is 0 Å². The zero-order valence-electron chi connectivity index (χ0n) is 12.1. The number of carboxylic acids is 1. The van der Waals surface area contributed by atoms with Crippen LogP contribution in [-0.2, 0) is 11.2 Å². The molecular formula is C16H21NO3. The monoisotopic (exact) mass is 275 g/mol. The zero-order chi connectivity index (χ0) is 14.7. The van der Waals surface area contributed by atoms with Crippen molar-refractivity contribution in [2.75, 3.05) is 11.4 Å². The first-order valence-corrected chi connectivity index (χ1v) is 7.26. The van der Waals surface area contributed by atoms with Crippen LogP contribution in [0.25, 0.3) is 0 Å². The van der Waals surface area contributed by atoms with Gasteiger partial charge in [0.25, 0.3) is 0 Å². The third-order valence-electron chi connectivity index (χ3n) is 4.08. The van der Waals surface area contributed by atoms with Crippen molar-refractivity contribution in [1.29, 1.82) is 0 Å². The van der Waals surface area contributed by atoms with Crippen molar-refractivity contribution < 1.29 is 14.7 Å². The molecule has 1 aromatic rings. The summed E-state index contributed by atoms with van der Waals surface area (Å²) in [7, 11) is 0. The van der Waals surface area contributed by atoms with E-state index < -0.39 is 5.97 Å². The highest BCUT2D eigenvalue weighted by atomic mass is 16.4. The Kier molecular flexibility index (Phi) is 4.42. The third-order valence-corrected chi connectivity index (χ3v) is 4.08. The molecule has 0 saturated heterocycles. The molecule has 4 nitrogen and oxygen atoms in total. The fraction of sp³-hybridized carbons (Fsp3) is 0.500. The van der Waals surface area contributed by atoms with Gasteiger partial charge in [0.05, 0.1) is 5.56 Å². The lowest BCUT2D eigenvalue weighted by molar-refractivity contribution is -0.122. The van der Waals surface area contributed by atoms with Crippen LogP contribution in [0.15, 0.2) is 18.2 Å². The fourth-order valence-corrected chi connectivity index (χ4v) is 2.91. The van der Waals surface area contributed by atoms with Crippen molar-refractivity contribution in [3.63, 3.8) is 0 Å². The third kappa shape index (κ3) is 2.55. The van der Waals surface area contributed by atoms with E-state index in [4.69, 9.17) is 0 Å². The Bertz CT molecular complexity index is 520. The summed E-state index contributed by atoms with van der Waals surface area (Å²) < 4.78 is 0. The van der Waals surface area contributed by atoms with E-state index >= 15 is 0 Å². The molecule has 1 aromatic carbocycles. The number of rotatable bonds is 4. The number of fused-ring (bicyclic) bond motifs is 1. The van der Waals surface area contributed by atoms with Crippen molar-refractivity contribution in [2.24, 2.45) is 5.92 Å². The number of carbonyl (C=O) groups is 2. The molecule has 0 spiro atoms. The van der Waals surface area contributed by atoms with Gasteiger partial charge in [-0.25, -0.2) is 4.79 Å². The summed E-state index contributed by atoms with van der Waals surface area (Å²) in [5.41, 5.74) is 1.91. The van der Waals surface area contributed by atoms with E-state index in [0.29, 0.717) is 12.1 Å². The summed E-state index contributed by atoms with van der Waals surface area (Å²) in [4.78, 5) is 25.7. The highest BCUT2D eigenvalue weighted by molar-refractivity contribution is 5.99. The summed E-state index contributed by atoms with van der Waals surface area (Å²) in [6.07, 6.45) is 3.19. The lowest BCUT2D eigenvalue weighted by Gasteiger charge is -2.32. The molecule has 0 aromatic heterocycles. The molecule has 0 atom stereocenters. The Labute approximate surface area is 119 Å². The average Bonchev–Trinajstić information content (AvgIpc) is 2.46. The number of hydrogen-bond donors (Lipinski definition) is 1. The van der Waals surface area contributed by atoms with Crippen molar-refractivity contribution in [3.8, 4) is 0 Å². The number of carbonyl (C=O) groups excluding carboxylic acids is 1. The second kappa shape index (κ2) is 6.07. The summed E-state index contributed by atoms with van der Waals surface area (Å²) in [5.74, 6) is -0.772. The molecule has 20 heavy (non-hydrogen) atoms. The van der Waals surface area contributed by atoms with Gasteiger partial charge in [0, 0.05) is 18.2 Å². The van der Waals surface area contributed by atoms with Crippen LogP contribution in [0.5, 0.6) is 0 Å². The Morgan fingerprint density at radius 2 is 2.00 bits per heavy atom. The molecule has 1 aliphatic heterocycles. The smallest absolute Gasteiger partial charge is 0.336 e. The summed E-state index contributed by atoms with van der Waals surface area (Å²) in [6.45, 7) is 4.72. The topological polar surface area (TPSA) is 57.6 Å². The van der Waals surface area contributed by atoms with Crippen molar-refractivity contribution >= 4 is 17.6 Å². The minimum Gasteiger partial charge on any atom is -0.478 e. The first-order chi connectivity index (χ1) is 9.60. The first kappa shape index (κ1) is 14.6. The average molecular weight is 275 g/mol. The molecule has 1 amide bonds. The Morgan fingerprint density at radius 3 is 2.60 bits per heavy atom. The molecule has 1 N–H and O–H groups in total. The van der Waals surface area contributed by atoms with Crippen LogP contribution in [0.2, 0.25) is 0 Å². The Morgan fingerprint density at radius 1 is 1.30 bits per heavy atom. The molecule has 0 aliphatic carbocycles. The molecule has 1 heterocycles. The zero-order valence-corrected chi connectivity index (χ0v) is 12.1. The van der Waals surface area contributed by atoms with Gasteiger partial charge in [0.15, 0.2) is 0 Å². The van der Waals surface area contributed by atoms with Gasteiger partial charge < -0.3 is 10.0 Å². The van der Waals surface area contributed by atoms with Crippen LogP contribution in [0.1, 0.15) is 49.0 Å². The normalized spacial score (nSPS) is 14.2. The Balaban J connectivity index is 2.40. The SMILES string of the molecule is CCC(CC)C(=O)N1CCCc2c(C(=O)O)cccc21. The number of carboxylic acid groups (broad SMARTS) is 1. The number of nitrogens with zero attached hydrogens (tertiary/aromatic N) is 1. The van der Waals surface area contributed by atoms with Crippen LogP contribution in [0.4, 0.5) is 5.69 Å². The lowest BCUT2D eigenvalue weighted by Crippen LogP contribution is -2.39. The van der Waals surface area contributed by atoms with Gasteiger partial charge in [0.2, 0.25) is 5.91 Å². The van der Waals surface area contributed by atoms with Crippen LogP contribution in [0.3, 0.4) is 0 Å². The summed E-state index contributed by atoms with van der Waals surface area (Å²) in [6, 6.07) is 5.20. The number of benzene rings is 1. The first-order valence-electron chi connectivity index (χ1n) is 7.26. The van der Waals surface area contributed by atoms with E-state index in [1.54, 1.807) is 17.0 Å². The maximum atomic E-state index is 12.6. The van der Waals surface area contributed by atoms with Crippen molar-refractivity contribution in [3.05, 3.63) is 29.3 Å². The number of aromatic carboxylic acids is 1. The molecular weight excluding hydrogens is 254 g/mol. The number of anilines is 1. The quantitative estimate of drug-likeness (QED) is 0.918. The molecule has 0 unspecified atom stereocenters. The van der Waals surface area contributed by atoms with Crippen molar-refractivity contribution in [2.45, 2.75) is 39.5 Å². The van der Waals surface area contributed by atoms with E-state index in [9.17, 15) is 14.7 Å². The van der Waals surface area contributed by atoms with Crippen LogP contribution < -0.4 is 4.90 Å². The summed E-state index contributed by atoms with van der Waals surface area (Å²) >= 11 is 0. The number of amides is 1. The second-order valence-electron chi connectivity index (χ2n) is 5.22. The molecule has 0 fully saturated rings. The molecule has 1 aliphatic rings. The van der Waals surface area contributed by atoms with Gasteiger partial charge in [-0.3, -0.25) is 4.79 Å². The predicted octanol–water partition coefficient (Wildman–Crippen LogP) is 3.10. The number of hydrogen-bond acceptors (Lipinski definition) is 2. The lowest BCUT2D eigenvalue weighted by atomic mass is 9.94. The van der Waals surface area contributed by atoms with E-state index in [1.807, 2.05) is 19.9 Å². The van der Waals surface area contributed by atoms with Crippen LogP contribution >= 0.6 is 0 Å². The van der Waals surface area contributed by atoms with E-state index in [0.717, 1.165) is 36.9 Å². The van der Waals surface area contributed by atoms with Gasteiger partial charge in [-0.15, -0.1) is 0 Å². The van der Waals surface area contributed by atoms with Gasteiger partial charge >= 0.3 is 5.97 Å². The minimum absolute atomic E-state index is 0.0226. The van der Waals surface area contributed by atoms with Crippen LogP contribution in [-0.4, -0.2) is 23.5 Å². The van der Waals surface area contributed by atoms with E-state index in [1.165, 1.54) is 0 Å². The maximum absolute atomic E-state index is 12.6. The van der Waals surface area contributed by atoms with Gasteiger partial charge in [-0.2, -0.15) is 0 Å². The molecule has 0 bridgehead atoms. The maximum Gasteiger partial charge on any atom is 0.336 e. The standard InChI is InChI=1S/C16H21NO3/c1-3-11(4-2)15(18)17-10-6-8-12-13(16(19)20)7-5-9-14(12)17/h5,7,9,11H,3-4,6,8,10H2,1-2H3,(H,19,20). The van der Waals surface area contributed by atoms with Gasteiger partial charge in [0.1, 0.15) is 0 Å². The van der Waals surface area contributed by atoms with Gasteiger partial charge in [-0.1, -0.05) is 19.9 Å². The molecule has 0 radical (unpaired) electrons. The van der Waals surface area contributed by atoms with Crippen LogP contribution in [0, 0.1) is 5.92 Å². The highest BCUT2D eigenvalue weighted by Gasteiger charge is 2.28.